The second kappa shape index (κ2) is 6.68. The van der Waals surface area contributed by atoms with Crippen LogP contribution in [0.1, 0.15) is 38.5 Å². The standard InChI is InChI=1S/C15H20O4/c1-3-17-14(16)10-13-9-11(2)18-15(19-13)12-7-5-4-6-8-12/h4-8,11,13,15H,3,9-10H2,1-2H3/t11-,13-,15-/m0/s1. The van der Waals surface area contributed by atoms with E-state index in [1.54, 1.807) is 6.92 Å². The Kier molecular flexibility index (Phi) is 4.93. The van der Waals surface area contributed by atoms with E-state index in [0.717, 1.165) is 5.56 Å². The Labute approximate surface area is 113 Å². The van der Waals surface area contributed by atoms with Crippen LogP contribution in [0.15, 0.2) is 30.3 Å². The van der Waals surface area contributed by atoms with Crippen LogP contribution in [0.2, 0.25) is 0 Å². The maximum atomic E-state index is 11.5. The lowest BCUT2D eigenvalue weighted by Gasteiger charge is -2.34. The first kappa shape index (κ1) is 14.0. The van der Waals surface area contributed by atoms with Gasteiger partial charge in [0.2, 0.25) is 0 Å². The molecule has 1 fully saturated rings. The van der Waals surface area contributed by atoms with Crippen molar-refractivity contribution in [3.8, 4) is 0 Å². The summed E-state index contributed by atoms with van der Waals surface area (Å²) in [5.74, 6) is -0.214. The van der Waals surface area contributed by atoms with Crippen LogP contribution in [0.4, 0.5) is 0 Å². The number of carbonyl (C=O) groups excluding carboxylic acids is 1. The quantitative estimate of drug-likeness (QED) is 0.784. The van der Waals surface area contributed by atoms with Crippen molar-refractivity contribution in [2.24, 2.45) is 0 Å². The van der Waals surface area contributed by atoms with E-state index >= 15 is 0 Å². The molecule has 19 heavy (non-hydrogen) atoms. The van der Waals surface area contributed by atoms with E-state index in [9.17, 15) is 4.79 Å². The van der Waals surface area contributed by atoms with E-state index in [2.05, 4.69) is 0 Å². The van der Waals surface area contributed by atoms with Gasteiger partial charge >= 0.3 is 5.97 Å². The molecule has 0 amide bonds. The molecule has 0 aromatic heterocycles. The minimum absolute atomic E-state index is 0.0679. The predicted octanol–water partition coefficient (Wildman–Crippen LogP) is 2.83. The lowest BCUT2D eigenvalue weighted by molar-refractivity contribution is -0.245. The SMILES string of the molecule is CCOC(=O)C[C@@H]1C[C@H](C)O[C@H](c2ccccc2)O1. The first-order chi connectivity index (χ1) is 9.19. The van der Waals surface area contributed by atoms with Gasteiger partial charge in [0.25, 0.3) is 0 Å². The molecule has 0 aliphatic carbocycles. The minimum atomic E-state index is -0.399. The van der Waals surface area contributed by atoms with Gasteiger partial charge in [0.15, 0.2) is 6.29 Å². The highest BCUT2D eigenvalue weighted by molar-refractivity contribution is 5.69. The zero-order valence-corrected chi connectivity index (χ0v) is 11.4. The Balaban J connectivity index is 1.98. The van der Waals surface area contributed by atoms with Crippen LogP contribution >= 0.6 is 0 Å². The summed E-state index contributed by atoms with van der Waals surface area (Å²) < 4.78 is 16.6. The molecule has 0 radical (unpaired) electrons. The lowest BCUT2D eigenvalue weighted by atomic mass is 10.1. The van der Waals surface area contributed by atoms with Crippen LogP contribution < -0.4 is 0 Å². The summed E-state index contributed by atoms with van der Waals surface area (Å²) in [5, 5.41) is 0. The first-order valence-electron chi connectivity index (χ1n) is 6.70. The fraction of sp³-hybridized carbons (Fsp3) is 0.533. The summed E-state index contributed by atoms with van der Waals surface area (Å²) in [5.41, 5.74) is 0.975. The Morgan fingerprint density at radius 1 is 1.32 bits per heavy atom. The van der Waals surface area contributed by atoms with E-state index in [0.29, 0.717) is 13.0 Å². The van der Waals surface area contributed by atoms with E-state index in [-0.39, 0.29) is 24.6 Å². The third-order valence-corrected chi connectivity index (χ3v) is 3.04. The molecule has 0 N–H and O–H groups in total. The zero-order valence-electron chi connectivity index (χ0n) is 11.4. The maximum absolute atomic E-state index is 11.5. The van der Waals surface area contributed by atoms with Crippen LogP contribution in [0, 0.1) is 0 Å². The number of hydrogen-bond donors (Lipinski definition) is 0. The van der Waals surface area contributed by atoms with Crippen LogP contribution in [-0.4, -0.2) is 24.8 Å². The molecule has 0 unspecified atom stereocenters. The molecule has 0 bridgehead atoms. The molecule has 1 saturated heterocycles. The summed E-state index contributed by atoms with van der Waals surface area (Å²) in [7, 11) is 0. The second-order valence-electron chi connectivity index (χ2n) is 4.69. The molecular formula is C15H20O4. The first-order valence-corrected chi connectivity index (χ1v) is 6.70. The molecule has 0 spiro atoms. The van der Waals surface area contributed by atoms with Gasteiger partial charge in [-0.2, -0.15) is 0 Å². The molecule has 4 heteroatoms. The van der Waals surface area contributed by atoms with Gasteiger partial charge in [-0.3, -0.25) is 4.79 Å². The Morgan fingerprint density at radius 2 is 2.05 bits per heavy atom. The number of rotatable bonds is 4. The number of ether oxygens (including phenoxy) is 3. The van der Waals surface area contributed by atoms with Gasteiger partial charge in [0, 0.05) is 12.0 Å². The van der Waals surface area contributed by atoms with Gasteiger partial charge in [-0.1, -0.05) is 30.3 Å². The van der Waals surface area contributed by atoms with Crippen molar-refractivity contribution in [1.29, 1.82) is 0 Å². The van der Waals surface area contributed by atoms with Gasteiger partial charge in [-0.05, 0) is 13.8 Å². The van der Waals surface area contributed by atoms with Gasteiger partial charge in [-0.15, -0.1) is 0 Å². The fourth-order valence-electron chi connectivity index (χ4n) is 2.20. The molecule has 1 aromatic carbocycles. The summed E-state index contributed by atoms with van der Waals surface area (Å²) in [6.07, 6.45) is 0.517. The monoisotopic (exact) mass is 264 g/mol. The Morgan fingerprint density at radius 3 is 2.74 bits per heavy atom. The van der Waals surface area contributed by atoms with Crippen LogP contribution in [0.3, 0.4) is 0 Å². The van der Waals surface area contributed by atoms with E-state index in [4.69, 9.17) is 14.2 Å². The van der Waals surface area contributed by atoms with Crippen LogP contribution in [0.5, 0.6) is 0 Å². The molecular weight excluding hydrogens is 244 g/mol. The smallest absolute Gasteiger partial charge is 0.308 e. The van der Waals surface area contributed by atoms with Gasteiger partial charge in [0.05, 0.1) is 25.2 Å². The van der Waals surface area contributed by atoms with Crippen molar-refractivity contribution < 1.29 is 19.0 Å². The average Bonchev–Trinajstić information content (AvgIpc) is 2.39. The van der Waals surface area contributed by atoms with Gasteiger partial charge < -0.3 is 14.2 Å². The second-order valence-corrected chi connectivity index (χ2v) is 4.69. The molecule has 1 heterocycles. The largest absolute Gasteiger partial charge is 0.466 e. The molecule has 4 nitrogen and oxygen atoms in total. The molecule has 1 aliphatic rings. The zero-order chi connectivity index (χ0) is 13.7. The third-order valence-electron chi connectivity index (χ3n) is 3.04. The highest BCUT2D eigenvalue weighted by Crippen LogP contribution is 2.30. The van der Waals surface area contributed by atoms with Crippen molar-refractivity contribution in [3.63, 3.8) is 0 Å². The van der Waals surface area contributed by atoms with E-state index in [1.807, 2.05) is 37.3 Å². The van der Waals surface area contributed by atoms with Crippen LogP contribution in [0.25, 0.3) is 0 Å². The lowest BCUT2D eigenvalue weighted by Crippen LogP contribution is -2.34. The molecule has 2 rings (SSSR count). The van der Waals surface area contributed by atoms with Gasteiger partial charge in [0.1, 0.15) is 0 Å². The molecule has 1 aliphatic heterocycles. The van der Waals surface area contributed by atoms with Crippen LogP contribution in [-0.2, 0) is 19.0 Å². The topological polar surface area (TPSA) is 44.8 Å². The maximum Gasteiger partial charge on any atom is 0.308 e. The number of hydrogen-bond acceptors (Lipinski definition) is 4. The highest BCUT2D eigenvalue weighted by Gasteiger charge is 2.30. The fourth-order valence-corrected chi connectivity index (χ4v) is 2.20. The Bertz CT molecular complexity index is 404. The van der Waals surface area contributed by atoms with Crippen molar-refractivity contribution >= 4 is 5.97 Å². The third kappa shape index (κ3) is 4.04. The summed E-state index contributed by atoms with van der Waals surface area (Å²) in [6, 6.07) is 9.77. The Hall–Kier alpha value is -1.39. The normalized spacial score (nSPS) is 26.9. The van der Waals surface area contributed by atoms with E-state index < -0.39 is 6.29 Å². The molecule has 0 saturated carbocycles. The van der Waals surface area contributed by atoms with Crippen molar-refractivity contribution in [3.05, 3.63) is 35.9 Å². The van der Waals surface area contributed by atoms with E-state index in [1.165, 1.54) is 0 Å². The minimum Gasteiger partial charge on any atom is -0.466 e. The van der Waals surface area contributed by atoms with Crippen molar-refractivity contribution in [2.45, 2.75) is 45.2 Å². The molecule has 1 aromatic rings. The number of carbonyl (C=O) groups is 1. The molecule has 3 atom stereocenters. The van der Waals surface area contributed by atoms with Gasteiger partial charge in [-0.25, -0.2) is 0 Å². The number of esters is 1. The number of benzene rings is 1. The predicted molar refractivity (Wildman–Crippen MR) is 70.5 cm³/mol. The highest BCUT2D eigenvalue weighted by atomic mass is 16.7. The average molecular weight is 264 g/mol. The van der Waals surface area contributed by atoms with Crippen molar-refractivity contribution in [1.82, 2.24) is 0 Å². The molecule has 104 valence electrons. The summed E-state index contributed by atoms with van der Waals surface area (Å²) in [4.78, 5) is 11.5. The summed E-state index contributed by atoms with van der Waals surface area (Å²) >= 11 is 0. The summed E-state index contributed by atoms with van der Waals surface area (Å²) in [6.45, 7) is 4.20. The van der Waals surface area contributed by atoms with Crippen molar-refractivity contribution in [2.75, 3.05) is 6.61 Å².